The molecule has 1 atom stereocenters. The molecule has 0 spiro atoms. The molecule has 0 aromatic heterocycles. The average Bonchev–Trinajstić information content (AvgIpc) is 2.24. The highest BCUT2D eigenvalue weighted by molar-refractivity contribution is 5.30. The van der Waals surface area contributed by atoms with E-state index < -0.39 is 23.2 Å². The van der Waals surface area contributed by atoms with Crippen LogP contribution < -0.4 is 5.32 Å². The Bertz CT molecular complexity index is 441. The van der Waals surface area contributed by atoms with E-state index in [-0.39, 0.29) is 18.2 Å². The normalized spacial score (nSPS) is 15.6. The Morgan fingerprint density at radius 2 is 1.84 bits per heavy atom. The summed E-state index contributed by atoms with van der Waals surface area (Å²) in [6, 6.07) is 2.57. The SMILES string of the molecule is CC(C)NCC(C)(O)c1ccc(C(F)(F)F)c(F)c1. The minimum atomic E-state index is -4.73. The van der Waals surface area contributed by atoms with Crippen LogP contribution in [0.5, 0.6) is 0 Å². The second-order valence-electron chi connectivity index (χ2n) is 5.00. The minimum absolute atomic E-state index is 0.103. The molecule has 0 radical (unpaired) electrons. The molecular weight excluding hydrogens is 262 g/mol. The molecule has 2 N–H and O–H groups in total. The minimum Gasteiger partial charge on any atom is -0.384 e. The van der Waals surface area contributed by atoms with Crippen LogP contribution in [0.3, 0.4) is 0 Å². The Morgan fingerprint density at radius 1 is 1.26 bits per heavy atom. The molecule has 0 heterocycles. The third kappa shape index (κ3) is 4.18. The summed E-state index contributed by atoms with van der Waals surface area (Å²) in [5.74, 6) is -1.38. The van der Waals surface area contributed by atoms with Gasteiger partial charge in [-0.1, -0.05) is 19.9 Å². The van der Waals surface area contributed by atoms with E-state index >= 15 is 0 Å². The summed E-state index contributed by atoms with van der Waals surface area (Å²) < 4.78 is 50.7. The number of benzene rings is 1. The van der Waals surface area contributed by atoms with Crippen molar-refractivity contribution in [2.75, 3.05) is 6.54 Å². The zero-order valence-corrected chi connectivity index (χ0v) is 11.0. The third-order valence-corrected chi connectivity index (χ3v) is 2.75. The quantitative estimate of drug-likeness (QED) is 0.830. The lowest BCUT2D eigenvalue weighted by Crippen LogP contribution is -2.38. The molecule has 1 aromatic carbocycles. The maximum atomic E-state index is 13.4. The average molecular weight is 279 g/mol. The van der Waals surface area contributed by atoms with Gasteiger partial charge in [-0.05, 0) is 24.6 Å². The number of nitrogens with one attached hydrogen (secondary N) is 1. The van der Waals surface area contributed by atoms with Gasteiger partial charge in [0.15, 0.2) is 0 Å². The molecule has 1 aromatic rings. The maximum absolute atomic E-state index is 13.4. The molecule has 0 amide bonds. The summed E-state index contributed by atoms with van der Waals surface area (Å²) in [6.07, 6.45) is -4.73. The molecule has 0 aliphatic carbocycles. The number of alkyl halides is 3. The van der Waals surface area contributed by atoms with Gasteiger partial charge in [0.05, 0.1) is 11.2 Å². The Labute approximate surface area is 109 Å². The highest BCUT2D eigenvalue weighted by Crippen LogP contribution is 2.33. The first kappa shape index (κ1) is 15.9. The van der Waals surface area contributed by atoms with Crippen LogP contribution in [0.2, 0.25) is 0 Å². The standard InChI is InChI=1S/C13H17F4NO/c1-8(2)18-7-12(3,19)9-4-5-10(11(14)6-9)13(15,16)17/h4-6,8,18-19H,7H2,1-3H3. The Morgan fingerprint density at radius 3 is 2.26 bits per heavy atom. The Hall–Kier alpha value is -1.14. The lowest BCUT2D eigenvalue weighted by molar-refractivity contribution is -0.140. The van der Waals surface area contributed by atoms with Gasteiger partial charge in [-0.2, -0.15) is 13.2 Å². The van der Waals surface area contributed by atoms with Crippen LogP contribution in [0.25, 0.3) is 0 Å². The van der Waals surface area contributed by atoms with Crippen molar-refractivity contribution in [1.82, 2.24) is 5.32 Å². The van der Waals surface area contributed by atoms with Gasteiger partial charge in [0.1, 0.15) is 5.82 Å². The van der Waals surface area contributed by atoms with Crippen molar-refractivity contribution < 1.29 is 22.7 Å². The van der Waals surface area contributed by atoms with E-state index in [1.807, 2.05) is 13.8 Å². The van der Waals surface area contributed by atoms with Crippen LogP contribution in [-0.4, -0.2) is 17.7 Å². The van der Waals surface area contributed by atoms with E-state index in [1.165, 1.54) is 6.92 Å². The van der Waals surface area contributed by atoms with Crippen LogP contribution >= 0.6 is 0 Å². The molecule has 2 nitrogen and oxygen atoms in total. The fraction of sp³-hybridized carbons (Fsp3) is 0.538. The van der Waals surface area contributed by atoms with Gasteiger partial charge in [-0.15, -0.1) is 0 Å². The van der Waals surface area contributed by atoms with E-state index in [2.05, 4.69) is 5.32 Å². The highest BCUT2D eigenvalue weighted by Gasteiger charge is 2.35. The molecule has 0 saturated heterocycles. The number of hydrogen-bond acceptors (Lipinski definition) is 2. The molecule has 1 rings (SSSR count). The van der Waals surface area contributed by atoms with Crippen molar-refractivity contribution >= 4 is 0 Å². The molecule has 0 fully saturated rings. The van der Waals surface area contributed by atoms with Crippen molar-refractivity contribution in [3.8, 4) is 0 Å². The number of hydrogen-bond donors (Lipinski definition) is 2. The number of aliphatic hydroxyl groups is 1. The first-order valence-electron chi connectivity index (χ1n) is 5.87. The number of rotatable bonds is 4. The molecule has 19 heavy (non-hydrogen) atoms. The third-order valence-electron chi connectivity index (χ3n) is 2.75. The molecule has 0 aliphatic heterocycles. The van der Waals surface area contributed by atoms with Crippen molar-refractivity contribution in [2.24, 2.45) is 0 Å². The predicted molar refractivity (Wildman–Crippen MR) is 64.1 cm³/mol. The second kappa shape index (κ2) is 5.46. The predicted octanol–water partition coefficient (Wildman–Crippen LogP) is 3.05. The van der Waals surface area contributed by atoms with Crippen molar-refractivity contribution in [3.05, 3.63) is 35.1 Å². The molecular formula is C13H17F4NO. The first-order chi connectivity index (χ1) is 8.54. The van der Waals surface area contributed by atoms with Crippen LogP contribution in [0.4, 0.5) is 17.6 Å². The van der Waals surface area contributed by atoms with Crippen LogP contribution in [-0.2, 0) is 11.8 Å². The van der Waals surface area contributed by atoms with E-state index in [0.29, 0.717) is 6.07 Å². The fourth-order valence-electron chi connectivity index (χ4n) is 1.58. The van der Waals surface area contributed by atoms with Gasteiger partial charge in [-0.3, -0.25) is 0 Å². The van der Waals surface area contributed by atoms with E-state index in [9.17, 15) is 22.7 Å². The summed E-state index contributed by atoms with van der Waals surface area (Å²) in [4.78, 5) is 0. The van der Waals surface area contributed by atoms with E-state index in [1.54, 1.807) is 0 Å². The lowest BCUT2D eigenvalue weighted by Gasteiger charge is -2.26. The van der Waals surface area contributed by atoms with Crippen LogP contribution in [0, 0.1) is 5.82 Å². The second-order valence-corrected chi connectivity index (χ2v) is 5.00. The Balaban J connectivity index is 3.00. The zero-order valence-electron chi connectivity index (χ0n) is 11.0. The summed E-state index contributed by atoms with van der Waals surface area (Å²) >= 11 is 0. The number of halogens is 4. The summed E-state index contributed by atoms with van der Waals surface area (Å²) in [7, 11) is 0. The highest BCUT2D eigenvalue weighted by atomic mass is 19.4. The van der Waals surface area contributed by atoms with E-state index in [4.69, 9.17) is 0 Å². The zero-order chi connectivity index (χ0) is 14.8. The molecule has 6 heteroatoms. The largest absolute Gasteiger partial charge is 0.419 e. The van der Waals surface area contributed by atoms with Crippen molar-refractivity contribution in [1.29, 1.82) is 0 Å². The van der Waals surface area contributed by atoms with Gasteiger partial charge < -0.3 is 10.4 Å². The topological polar surface area (TPSA) is 32.3 Å². The molecule has 1 unspecified atom stereocenters. The molecule has 108 valence electrons. The van der Waals surface area contributed by atoms with Gasteiger partial charge in [0, 0.05) is 12.6 Å². The van der Waals surface area contributed by atoms with Gasteiger partial charge in [-0.25, -0.2) is 4.39 Å². The van der Waals surface area contributed by atoms with Gasteiger partial charge in [0.2, 0.25) is 0 Å². The summed E-state index contributed by atoms with van der Waals surface area (Å²) in [5, 5.41) is 13.1. The van der Waals surface area contributed by atoms with Crippen LogP contribution in [0.15, 0.2) is 18.2 Å². The van der Waals surface area contributed by atoms with Crippen molar-refractivity contribution in [2.45, 2.75) is 38.6 Å². The smallest absolute Gasteiger partial charge is 0.384 e. The summed E-state index contributed by atoms with van der Waals surface area (Å²) in [5.41, 5.74) is -2.66. The van der Waals surface area contributed by atoms with E-state index in [0.717, 1.165) is 12.1 Å². The maximum Gasteiger partial charge on any atom is 0.419 e. The Kier molecular flexibility index (Phi) is 4.58. The first-order valence-corrected chi connectivity index (χ1v) is 5.87. The van der Waals surface area contributed by atoms with Crippen molar-refractivity contribution in [3.63, 3.8) is 0 Å². The lowest BCUT2D eigenvalue weighted by atomic mass is 9.94. The molecule has 0 aliphatic rings. The fourth-order valence-corrected chi connectivity index (χ4v) is 1.58. The van der Waals surface area contributed by atoms with Gasteiger partial charge in [0.25, 0.3) is 0 Å². The molecule has 0 bridgehead atoms. The van der Waals surface area contributed by atoms with Gasteiger partial charge >= 0.3 is 6.18 Å². The summed E-state index contributed by atoms with van der Waals surface area (Å²) in [6.45, 7) is 5.27. The monoisotopic (exact) mass is 279 g/mol. The van der Waals surface area contributed by atoms with Crippen LogP contribution in [0.1, 0.15) is 31.9 Å². The molecule has 0 saturated carbocycles.